The lowest BCUT2D eigenvalue weighted by Gasteiger charge is -2.20. The summed E-state index contributed by atoms with van der Waals surface area (Å²) in [5.74, 6) is -8.81. The average molecular weight is 266 g/mol. The number of rotatable bonds is 4. The van der Waals surface area contributed by atoms with Crippen LogP contribution in [0.3, 0.4) is 0 Å². The van der Waals surface area contributed by atoms with E-state index in [4.69, 9.17) is 0 Å². The van der Waals surface area contributed by atoms with Crippen LogP contribution in [0.2, 0.25) is 0 Å². The summed E-state index contributed by atoms with van der Waals surface area (Å²) in [7, 11) is 0. The number of aliphatic hydroxyl groups is 1. The van der Waals surface area contributed by atoms with Crippen LogP contribution in [-0.4, -0.2) is 23.6 Å². The first-order valence-electron chi connectivity index (χ1n) is 4.98. The first-order chi connectivity index (χ1) is 8.30. The maximum Gasteiger partial charge on any atom is 0.380 e. The molecule has 0 saturated heterocycles. The van der Waals surface area contributed by atoms with E-state index < -0.39 is 35.2 Å². The van der Waals surface area contributed by atoms with Gasteiger partial charge in [0.25, 0.3) is 0 Å². The molecular formula is C11H10F4O3. The highest BCUT2D eigenvalue weighted by Gasteiger charge is 2.49. The zero-order chi connectivity index (χ0) is 13.9. The monoisotopic (exact) mass is 266 g/mol. The minimum atomic E-state index is -4.24. The SMILES string of the molecule is CCOC(=O)C(F)(F)C(O)c1ccc(F)c(F)c1. The second-order valence-electron chi connectivity index (χ2n) is 3.42. The second kappa shape index (κ2) is 5.34. The lowest BCUT2D eigenvalue weighted by atomic mass is 10.0. The Morgan fingerprint density at radius 3 is 2.50 bits per heavy atom. The molecule has 1 atom stereocenters. The Kier molecular flexibility index (Phi) is 4.28. The summed E-state index contributed by atoms with van der Waals surface area (Å²) in [5, 5.41) is 9.32. The van der Waals surface area contributed by atoms with Gasteiger partial charge in [0, 0.05) is 0 Å². The first-order valence-corrected chi connectivity index (χ1v) is 4.98. The van der Waals surface area contributed by atoms with Crippen LogP contribution in [0.4, 0.5) is 17.6 Å². The summed E-state index contributed by atoms with van der Waals surface area (Å²) < 4.78 is 56.3. The van der Waals surface area contributed by atoms with Crippen LogP contribution in [0, 0.1) is 11.6 Å². The molecule has 0 radical (unpaired) electrons. The molecule has 0 saturated carbocycles. The van der Waals surface area contributed by atoms with E-state index in [0.29, 0.717) is 12.1 Å². The van der Waals surface area contributed by atoms with E-state index in [1.54, 1.807) is 0 Å². The van der Waals surface area contributed by atoms with Crippen molar-refractivity contribution in [2.24, 2.45) is 0 Å². The Morgan fingerprint density at radius 2 is 2.00 bits per heavy atom. The minimum absolute atomic E-state index is 0.293. The molecule has 1 aromatic carbocycles. The van der Waals surface area contributed by atoms with E-state index >= 15 is 0 Å². The number of aliphatic hydroxyl groups excluding tert-OH is 1. The fourth-order valence-corrected chi connectivity index (χ4v) is 1.23. The van der Waals surface area contributed by atoms with Crippen LogP contribution in [0.25, 0.3) is 0 Å². The maximum atomic E-state index is 13.4. The summed E-state index contributed by atoms with van der Waals surface area (Å²) >= 11 is 0. The van der Waals surface area contributed by atoms with Crippen molar-refractivity contribution in [3.8, 4) is 0 Å². The van der Waals surface area contributed by atoms with Gasteiger partial charge in [0.15, 0.2) is 17.7 Å². The number of esters is 1. The average Bonchev–Trinajstić information content (AvgIpc) is 2.32. The summed E-state index contributed by atoms with van der Waals surface area (Å²) in [4.78, 5) is 10.9. The third kappa shape index (κ3) is 2.79. The molecule has 0 amide bonds. The summed E-state index contributed by atoms with van der Waals surface area (Å²) in [6, 6.07) is 1.73. The lowest BCUT2D eigenvalue weighted by molar-refractivity contribution is -0.189. The largest absolute Gasteiger partial charge is 0.461 e. The van der Waals surface area contributed by atoms with Gasteiger partial charge < -0.3 is 9.84 Å². The molecule has 7 heteroatoms. The van der Waals surface area contributed by atoms with Crippen LogP contribution in [0.15, 0.2) is 18.2 Å². The molecule has 100 valence electrons. The van der Waals surface area contributed by atoms with Crippen molar-refractivity contribution < 1.29 is 32.2 Å². The molecular weight excluding hydrogens is 256 g/mol. The third-order valence-corrected chi connectivity index (χ3v) is 2.15. The van der Waals surface area contributed by atoms with Gasteiger partial charge >= 0.3 is 11.9 Å². The first kappa shape index (κ1) is 14.4. The summed E-state index contributed by atoms with van der Waals surface area (Å²) in [6.45, 7) is 1.02. The van der Waals surface area contributed by atoms with Crippen molar-refractivity contribution in [2.45, 2.75) is 19.0 Å². The molecule has 1 unspecified atom stereocenters. The molecule has 0 fully saturated rings. The molecule has 3 nitrogen and oxygen atoms in total. The molecule has 0 aromatic heterocycles. The second-order valence-corrected chi connectivity index (χ2v) is 3.42. The van der Waals surface area contributed by atoms with Gasteiger partial charge in [0.1, 0.15) is 0 Å². The molecule has 0 aliphatic rings. The predicted octanol–water partition coefficient (Wildman–Crippen LogP) is 2.20. The molecule has 0 heterocycles. The van der Waals surface area contributed by atoms with Crippen LogP contribution in [0.5, 0.6) is 0 Å². The van der Waals surface area contributed by atoms with Gasteiger partial charge in [-0.1, -0.05) is 6.07 Å². The Labute approximate surface area is 100.0 Å². The van der Waals surface area contributed by atoms with Gasteiger partial charge in [-0.3, -0.25) is 0 Å². The summed E-state index contributed by atoms with van der Waals surface area (Å²) in [6.07, 6.45) is -2.60. The number of hydrogen-bond donors (Lipinski definition) is 1. The third-order valence-electron chi connectivity index (χ3n) is 2.15. The zero-order valence-corrected chi connectivity index (χ0v) is 9.29. The van der Waals surface area contributed by atoms with Crippen LogP contribution in [-0.2, 0) is 9.53 Å². The topological polar surface area (TPSA) is 46.5 Å². The van der Waals surface area contributed by atoms with Crippen molar-refractivity contribution in [1.29, 1.82) is 0 Å². The molecule has 1 N–H and O–H groups in total. The maximum absolute atomic E-state index is 13.4. The van der Waals surface area contributed by atoms with E-state index in [2.05, 4.69) is 4.74 Å². The van der Waals surface area contributed by atoms with E-state index in [-0.39, 0.29) is 6.61 Å². The minimum Gasteiger partial charge on any atom is -0.461 e. The number of benzene rings is 1. The number of carbonyl (C=O) groups is 1. The Morgan fingerprint density at radius 1 is 1.39 bits per heavy atom. The quantitative estimate of drug-likeness (QED) is 0.671. The molecule has 18 heavy (non-hydrogen) atoms. The van der Waals surface area contributed by atoms with Crippen LogP contribution >= 0.6 is 0 Å². The Bertz CT molecular complexity index is 448. The number of carbonyl (C=O) groups excluding carboxylic acids is 1. The number of halogens is 4. The highest BCUT2D eigenvalue weighted by atomic mass is 19.3. The van der Waals surface area contributed by atoms with Gasteiger partial charge in [-0.15, -0.1) is 0 Å². The van der Waals surface area contributed by atoms with Gasteiger partial charge in [0.05, 0.1) is 6.61 Å². The molecule has 1 aromatic rings. The van der Waals surface area contributed by atoms with Gasteiger partial charge in [-0.25, -0.2) is 13.6 Å². The van der Waals surface area contributed by atoms with Gasteiger partial charge in [0.2, 0.25) is 0 Å². The fourth-order valence-electron chi connectivity index (χ4n) is 1.23. The van der Waals surface area contributed by atoms with E-state index in [0.717, 1.165) is 6.07 Å². The highest BCUT2D eigenvalue weighted by Crippen LogP contribution is 2.33. The van der Waals surface area contributed by atoms with Crippen molar-refractivity contribution in [2.75, 3.05) is 6.61 Å². The predicted molar refractivity (Wildman–Crippen MR) is 52.9 cm³/mol. The molecule has 0 bridgehead atoms. The van der Waals surface area contributed by atoms with Crippen molar-refractivity contribution in [1.82, 2.24) is 0 Å². The molecule has 0 aliphatic carbocycles. The molecule has 1 rings (SSSR count). The van der Waals surface area contributed by atoms with Crippen molar-refractivity contribution in [3.05, 3.63) is 35.4 Å². The molecule has 0 aliphatic heterocycles. The lowest BCUT2D eigenvalue weighted by Crippen LogP contribution is -2.37. The number of hydrogen-bond acceptors (Lipinski definition) is 3. The van der Waals surface area contributed by atoms with E-state index in [1.165, 1.54) is 6.92 Å². The van der Waals surface area contributed by atoms with Gasteiger partial charge in [-0.05, 0) is 24.6 Å². The smallest absolute Gasteiger partial charge is 0.380 e. The van der Waals surface area contributed by atoms with Crippen molar-refractivity contribution >= 4 is 5.97 Å². The van der Waals surface area contributed by atoms with E-state index in [9.17, 15) is 27.5 Å². The number of ether oxygens (including phenoxy) is 1. The summed E-state index contributed by atoms with van der Waals surface area (Å²) in [5.41, 5.74) is -0.619. The zero-order valence-electron chi connectivity index (χ0n) is 9.29. The van der Waals surface area contributed by atoms with Crippen molar-refractivity contribution in [3.63, 3.8) is 0 Å². The Balaban J connectivity index is 3.01. The Hall–Kier alpha value is -1.63. The van der Waals surface area contributed by atoms with E-state index in [1.807, 2.05) is 0 Å². The normalized spacial score (nSPS) is 13.2. The van der Waals surface area contributed by atoms with Gasteiger partial charge in [-0.2, -0.15) is 8.78 Å². The fraction of sp³-hybridized carbons (Fsp3) is 0.364. The number of alkyl halides is 2. The molecule has 0 spiro atoms. The van der Waals surface area contributed by atoms with Crippen LogP contribution < -0.4 is 0 Å². The standard InChI is InChI=1S/C11H10F4O3/c1-2-18-10(17)11(14,15)9(16)6-3-4-7(12)8(13)5-6/h3-5,9,16H,2H2,1H3. The highest BCUT2D eigenvalue weighted by molar-refractivity contribution is 5.78. The van der Waals surface area contributed by atoms with Crippen LogP contribution in [0.1, 0.15) is 18.6 Å².